The van der Waals surface area contributed by atoms with Crippen LogP contribution < -0.4 is 10.1 Å². The monoisotopic (exact) mass is 387 g/mol. The molecule has 6 heteroatoms. The lowest BCUT2D eigenvalue weighted by Gasteiger charge is -2.39. The van der Waals surface area contributed by atoms with Crippen LogP contribution in [0.15, 0.2) is 29.6 Å². The van der Waals surface area contributed by atoms with Crippen LogP contribution in [0.5, 0.6) is 5.75 Å². The molecule has 0 unspecified atom stereocenters. The lowest BCUT2D eigenvalue weighted by molar-refractivity contribution is 0.0865. The third-order valence-corrected chi connectivity index (χ3v) is 6.53. The molecule has 1 aliphatic rings. The number of likely N-dealkylation sites (N-methyl/N-ethyl adjacent to an activating group) is 1. The van der Waals surface area contributed by atoms with E-state index < -0.39 is 0 Å². The molecular weight excluding hydrogens is 358 g/mol. The van der Waals surface area contributed by atoms with Gasteiger partial charge < -0.3 is 15.0 Å². The summed E-state index contributed by atoms with van der Waals surface area (Å²) in [7, 11) is 5.90. The van der Waals surface area contributed by atoms with Gasteiger partial charge in [-0.15, -0.1) is 11.3 Å². The van der Waals surface area contributed by atoms with Crippen molar-refractivity contribution in [3.63, 3.8) is 0 Å². The fourth-order valence-corrected chi connectivity index (χ4v) is 4.55. The highest BCUT2D eigenvalue weighted by Gasteiger charge is 2.33. The second kappa shape index (κ2) is 8.85. The Labute approximate surface area is 165 Å². The molecule has 1 heterocycles. The standard InChI is InChI=1S/C21H29N3O2S/c1-24(2)21(12-6-4-5-7-13-21)15-22-19(25)18-14-27-20(23-18)16-8-10-17(26-3)11-9-16/h8-11,14H,4-7,12-13,15H2,1-3H3,(H,22,25). The van der Waals surface area contributed by atoms with Crippen LogP contribution in [0.25, 0.3) is 10.6 Å². The lowest BCUT2D eigenvalue weighted by Crippen LogP contribution is -2.52. The summed E-state index contributed by atoms with van der Waals surface area (Å²) in [5.41, 5.74) is 1.54. The highest BCUT2D eigenvalue weighted by atomic mass is 32.1. The fourth-order valence-electron chi connectivity index (χ4n) is 3.75. The van der Waals surface area contributed by atoms with Gasteiger partial charge in [-0.05, 0) is 51.2 Å². The number of methoxy groups -OCH3 is 1. The van der Waals surface area contributed by atoms with Gasteiger partial charge in [0.15, 0.2) is 0 Å². The van der Waals surface area contributed by atoms with E-state index in [0.717, 1.165) is 29.2 Å². The molecule has 0 bridgehead atoms. The van der Waals surface area contributed by atoms with Gasteiger partial charge in [0, 0.05) is 23.0 Å². The van der Waals surface area contributed by atoms with E-state index in [1.54, 1.807) is 7.11 Å². The van der Waals surface area contributed by atoms with Gasteiger partial charge >= 0.3 is 0 Å². The minimum absolute atomic E-state index is 0.0565. The molecular formula is C21H29N3O2S. The molecule has 27 heavy (non-hydrogen) atoms. The molecule has 1 fully saturated rings. The summed E-state index contributed by atoms with van der Waals surface area (Å²) >= 11 is 1.49. The molecule has 1 saturated carbocycles. The topological polar surface area (TPSA) is 54.5 Å². The SMILES string of the molecule is COc1ccc(-c2nc(C(=O)NCC3(N(C)C)CCCCCC3)cs2)cc1. The summed E-state index contributed by atoms with van der Waals surface area (Å²) in [6, 6.07) is 7.74. The average molecular weight is 388 g/mol. The number of aromatic nitrogens is 1. The Morgan fingerprint density at radius 2 is 1.85 bits per heavy atom. The third kappa shape index (κ3) is 4.68. The van der Waals surface area contributed by atoms with E-state index in [2.05, 4.69) is 29.3 Å². The van der Waals surface area contributed by atoms with Crippen molar-refractivity contribution in [2.75, 3.05) is 27.7 Å². The first-order chi connectivity index (χ1) is 13.0. The first kappa shape index (κ1) is 19.8. The molecule has 2 aromatic rings. The number of ether oxygens (including phenoxy) is 1. The van der Waals surface area contributed by atoms with Crippen molar-refractivity contribution >= 4 is 17.2 Å². The van der Waals surface area contributed by atoms with Crippen LogP contribution in [0, 0.1) is 0 Å². The molecule has 0 spiro atoms. The number of carbonyl (C=O) groups is 1. The second-order valence-corrected chi connectivity index (χ2v) is 8.34. The second-order valence-electron chi connectivity index (χ2n) is 7.48. The number of rotatable bonds is 6. The molecule has 5 nitrogen and oxygen atoms in total. The molecule has 1 aliphatic carbocycles. The number of nitrogens with zero attached hydrogens (tertiary/aromatic N) is 2. The Hall–Kier alpha value is -1.92. The molecule has 146 valence electrons. The summed E-state index contributed by atoms with van der Waals surface area (Å²) in [6.45, 7) is 0.675. The summed E-state index contributed by atoms with van der Waals surface area (Å²) in [6.07, 6.45) is 7.31. The maximum atomic E-state index is 12.7. The van der Waals surface area contributed by atoms with Gasteiger partial charge in [-0.1, -0.05) is 25.7 Å². The zero-order chi connectivity index (χ0) is 19.3. The molecule has 1 aromatic heterocycles. The van der Waals surface area contributed by atoms with Crippen molar-refractivity contribution in [1.29, 1.82) is 0 Å². The Balaban J connectivity index is 1.66. The Kier molecular flexibility index (Phi) is 6.50. The third-order valence-electron chi connectivity index (χ3n) is 5.63. The smallest absolute Gasteiger partial charge is 0.270 e. The van der Waals surface area contributed by atoms with E-state index in [0.29, 0.717) is 12.2 Å². The van der Waals surface area contributed by atoms with Gasteiger partial charge in [-0.2, -0.15) is 0 Å². The quantitative estimate of drug-likeness (QED) is 0.755. The average Bonchev–Trinajstić information content (AvgIpc) is 3.05. The number of thiazole rings is 1. The van der Waals surface area contributed by atoms with E-state index in [9.17, 15) is 4.79 Å². The van der Waals surface area contributed by atoms with Crippen molar-refractivity contribution in [2.24, 2.45) is 0 Å². The molecule has 3 rings (SSSR count). The van der Waals surface area contributed by atoms with Crippen LogP contribution in [0.1, 0.15) is 49.0 Å². The molecule has 0 saturated heterocycles. The Morgan fingerprint density at radius 3 is 2.44 bits per heavy atom. The maximum absolute atomic E-state index is 12.7. The van der Waals surface area contributed by atoms with Crippen LogP contribution in [0.4, 0.5) is 0 Å². The van der Waals surface area contributed by atoms with E-state index in [-0.39, 0.29) is 11.4 Å². The maximum Gasteiger partial charge on any atom is 0.270 e. The van der Waals surface area contributed by atoms with Crippen molar-refractivity contribution in [2.45, 2.75) is 44.1 Å². The van der Waals surface area contributed by atoms with Gasteiger partial charge in [-0.25, -0.2) is 4.98 Å². The first-order valence-corrected chi connectivity index (χ1v) is 10.5. The summed E-state index contributed by atoms with van der Waals surface area (Å²) in [5.74, 6) is 0.724. The zero-order valence-electron chi connectivity index (χ0n) is 16.5. The number of benzene rings is 1. The van der Waals surface area contributed by atoms with Gasteiger partial charge in [0.05, 0.1) is 7.11 Å². The van der Waals surface area contributed by atoms with Crippen LogP contribution in [-0.2, 0) is 0 Å². The van der Waals surface area contributed by atoms with Crippen LogP contribution >= 0.6 is 11.3 Å². The largest absolute Gasteiger partial charge is 0.497 e. The van der Waals surface area contributed by atoms with Gasteiger partial charge in [-0.3, -0.25) is 4.79 Å². The van der Waals surface area contributed by atoms with Crippen LogP contribution in [0.2, 0.25) is 0 Å². The number of hydrogen-bond donors (Lipinski definition) is 1. The molecule has 0 atom stereocenters. The predicted molar refractivity (Wildman–Crippen MR) is 111 cm³/mol. The molecule has 1 amide bonds. The van der Waals surface area contributed by atoms with Crippen molar-refractivity contribution in [3.05, 3.63) is 35.3 Å². The first-order valence-electron chi connectivity index (χ1n) is 9.60. The van der Waals surface area contributed by atoms with Gasteiger partial charge in [0.25, 0.3) is 5.91 Å². The number of nitrogens with one attached hydrogen (secondary N) is 1. The minimum Gasteiger partial charge on any atom is -0.497 e. The molecule has 0 radical (unpaired) electrons. The van der Waals surface area contributed by atoms with Crippen molar-refractivity contribution in [1.82, 2.24) is 15.2 Å². The summed E-state index contributed by atoms with van der Waals surface area (Å²) < 4.78 is 5.19. The Bertz CT molecular complexity index is 747. The van der Waals surface area contributed by atoms with Crippen molar-refractivity contribution < 1.29 is 9.53 Å². The Morgan fingerprint density at radius 1 is 1.19 bits per heavy atom. The van der Waals surface area contributed by atoms with E-state index in [1.807, 2.05) is 29.6 Å². The highest BCUT2D eigenvalue weighted by Crippen LogP contribution is 2.31. The number of amides is 1. The van der Waals surface area contributed by atoms with E-state index >= 15 is 0 Å². The lowest BCUT2D eigenvalue weighted by atomic mass is 9.88. The van der Waals surface area contributed by atoms with Gasteiger partial charge in [0.2, 0.25) is 0 Å². The predicted octanol–water partition coefficient (Wildman–Crippen LogP) is 4.20. The zero-order valence-corrected chi connectivity index (χ0v) is 17.3. The van der Waals surface area contributed by atoms with Crippen molar-refractivity contribution in [3.8, 4) is 16.3 Å². The van der Waals surface area contributed by atoms with E-state index in [4.69, 9.17) is 4.74 Å². The summed E-state index contributed by atoms with van der Waals surface area (Å²) in [4.78, 5) is 19.5. The summed E-state index contributed by atoms with van der Waals surface area (Å²) in [5, 5.41) is 5.83. The van der Waals surface area contributed by atoms with Crippen LogP contribution in [-0.4, -0.2) is 49.1 Å². The van der Waals surface area contributed by atoms with Gasteiger partial charge in [0.1, 0.15) is 16.5 Å². The number of hydrogen-bond acceptors (Lipinski definition) is 5. The number of carbonyl (C=O) groups excluding carboxylic acids is 1. The van der Waals surface area contributed by atoms with Crippen LogP contribution in [0.3, 0.4) is 0 Å². The van der Waals surface area contributed by atoms with E-state index in [1.165, 1.54) is 37.0 Å². The molecule has 0 aliphatic heterocycles. The normalized spacial score (nSPS) is 16.7. The molecule has 1 N–H and O–H groups in total. The highest BCUT2D eigenvalue weighted by molar-refractivity contribution is 7.13. The minimum atomic E-state index is -0.0866. The molecule has 1 aromatic carbocycles. The fraction of sp³-hybridized carbons (Fsp3) is 0.524.